The van der Waals surface area contributed by atoms with E-state index in [0.29, 0.717) is 18.0 Å². The van der Waals surface area contributed by atoms with Crippen molar-refractivity contribution >= 4 is 11.9 Å². The molecule has 1 aliphatic rings. The van der Waals surface area contributed by atoms with E-state index >= 15 is 0 Å². The molecule has 1 atom stereocenters. The lowest BCUT2D eigenvalue weighted by Crippen LogP contribution is -2.29. The summed E-state index contributed by atoms with van der Waals surface area (Å²) in [7, 11) is 3.13. The van der Waals surface area contributed by atoms with E-state index in [2.05, 4.69) is 5.32 Å². The zero-order valence-corrected chi connectivity index (χ0v) is 11.2. The summed E-state index contributed by atoms with van der Waals surface area (Å²) in [6, 6.07) is 4.77. The molecule has 0 radical (unpaired) electrons. The summed E-state index contributed by atoms with van der Waals surface area (Å²) in [6.45, 7) is 2.42. The first-order valence-corrected chi connectivity index (χ1v) is 6.00. The van der Waals surface area contributed by atoms with Gasteiger partial charge in [-0.05, 0) is 24.6 Å². The van der Waals surface area contributed by atoms with Crippen molar-refractivity contribution in [2.24, 2.45) is 0 Å². The van der Waals surface area contributed by atoms with Crippen molar-refractivity contribution in [3.8, 4) is 11.5 Å². The molecule has 1 saturated heterocycles. The number of urea groups is 1. The Morgan fingerprint density at radius 3 is 2.58 bits per heavy atom. The molecule has 0 bridgehead atoms. The maximum absolute atomic E-state index is 11.7. The monoisotopic (exact) mass is 263 g/mol. The van der Waals surface area contributed by atoms with Gasteiger partial charge in [0, 0.05) is 6.54 Å². The van der Waals surface area contributed by atoms with E-state index in [9.17, 15) is 4.79 Å². The zero-order valence-electron chi connectivity index (χ0n) is 11.2. The lowest BCUT2D eigenvalue weighted by atomic mass is 10.0. The van der Waals surface area contributed by atoms with Gasteiger partial charge in [0.1, 0.15) is 11.9 Å². The smallest absolute Gasteiger partial charge is 0.323 e. The van der Waals surface area contributed by atoms with Crippen LogP contribution in [-0.4, -0.2) is 37.5 Å². The summed E-state index contributed by atoms with van der Waals surface area (Å²) in [6.07, 6.45) is 0. The third-order valence-electron chi connectivity index (χ3n) is 3.15. The number of benzene rings is 1. The first kappa shape index (κ1) is 13.2. The molecule has 0 aliphatic carbocycles. The molecule has 1 heterocycles. The number of nitrogens with zero attached hydrogens (tertiary/aromatic N) is 1. The molecule has 6 heteroatoms. The maximum atomic E-state index is 11.7. The Morgan fingerprint density at radius 2 is 2.00 bits per heavy atom. The second kappa shape index (κ2) is 5.17. The van der Waals surface area contributed by atoms with E-state index in [1.165, 1.54) is 0 Å². The summed E-state index contributed by atoms with van der Waals surface area (Å²) in [5.41, 5.74) is 0.822. The number of rotatable bonds is 4. The average Bonchev–Trinajstić information content (AvgIpc) is 2.71. The van der Waals surface area contributed by atoms with Crippen LogP contribution in [0, 0.1) is 5.41 Å². The highest BCUT2D eigenvalue weighted by atomic mass is 16.5. The first-order chi connectivity index (χ1) is 9.12. The molecular weight excluding hydrogens is 246 g/mol. The summed E-state index contributed by atoms with van der Waals surface area (Å²) >= 11 is 0. The number of ether oxygens (including phenoxy) is 2. The van der Waals surface area contributed by atoms with E-state index in [1.807, 2.05) is 13.0 Å². The van der Waals surface area contributed by atoms with Crippen LogP contribution >= 0.6 is 0 Å². The first-order valence-electron chi connectivity index (χ1n) is 6.00. The summed E-state index contributed by atoms with van der Waals surface area (Å²) in [4.78, 5) is 13.3. The van der Waals surface area contributed by atoms with Crippen molar-refractivity contribution in [2.75, 3.05) is 20.8 Å². The molecule has 2 N–H and O–H groups in total. The van der Waals surface area contributed by atoms with Crippen LogP contribution in [0.3, 0.4) is 0 Å². The zero-order chi connectivity index (χ0) is 14.0. The Balaban J connectivity index is 2.40. The highest BCUT2D eigenvalue weighted by Gasteiger charge is 2.35. The van der Waals surface area contributed by atoms with Gasteiger partial charge in [-0.15, -0.1) is 0 Å². The van der Waals surface area contributed by atoms with Crippen LogP contribution in [0.25, 0.3) is 0 Å². The lowest BCUT2D eigenvalue weighted by Gasteiger charge is -2.22. The third-order valence-corrected chi connectivity index (χ3v) is 3.15. The van der Waals surface area contributed by atoms with Crippen LogP contribution in [0.2, 0.25) is 0 Å². The molecule has 2 rings (SSSR count). The number of carbonyl (C=O) groups excluding carboxylic acids is 1. The lowest BCUT2D eigenvalue weighted by molar-refractivity contribution is 0.209. The largest absolute Gasteiger partial charge is 0.493 e. The topological polar surface area (TPSA) is 74.7 Å². The van der Waals surface area contributed by atoms with Crippen LogP contribution in [0.4, 0.5) is 4.79 Å². The van der Waals surface area contributed by atoms with Crippen molar-refractivity contribution < 1.29 is 14.3 Å². The quantitative estimate of drug-likeness (QED) is 0.869. The number of likely N-dealkylation sites (N-methyl/N-ethyl adjacent to an activating group) is 1. The second-order valence-electron chi connectivity index (χ2n) is 4.15. The molecule has 0 aromatic heterocycles. The highest BCUT2D eigenvalue weighted by Crippen LogP contribution is 2.33. The molecule has 1 fully saturated rings. The number of methoxy groups -OCH3 is 2. The van der Waals surface area contributed by atoms with Gasteiger partial charge in [0.25, 0.3) is 0 Å². The minimum absolute atomic E-state index is 0.180. The molecule has 1 aliphatic heterocycles. The Hall–Kier alpha value is -2.24. The van der Waals surface area contributed by atoms with Crippen molar-refractivity contribution in [2.45, 2.75) is 13.0 Å². The van der Waals surface area contributed by atoms with Gasteiger partial charge in [0.05, 0.1) is 14.2 Å². The second-order valence-corrected chi connectivity index (χ2v) is 4.15. The molecule has 19 heavy (non-hydrogen) atoms. The van der Waals surface area contributed by atoms with Crippen molar-refractivity contribution in [1.29, 1.82) is 5.41 Å². The van der Waals surface area contributed by atoms with Crippen molar-refractivity contribution in [3.63, 3.8) is 0 Å². The van der Waals surface area contributed by atoms with E-state index in [-0.39, 0.29) is 11.9 Å². The fourth-order valence-corrected chi connectivity index (χ4v) is 2.22. The average molecular weight is 263 g/mol. The van der Waals surface area contributed by atoms with Gasteiger partial charge >= 0.3 is 6.03 Å². The van der Waals surface area contributed by atoms with E-state index in [4.69, 9.17) is 14.9 Å². The minimum atomic E-state index is -0.391. The van der Waals surface area contributed by atoms with Gasteiger partial charge in [-0.3, -0.25) is 10.7 Å². The maximum Gasteiger partial charge on any atom is 0.323 e. The molecule has 1 aromatic rings. The van der Waals surface area contributed by atoms with Crippen molar-refractivity contribution in [3.05, 3.63) is 23.8 Å². The summed E-state index contributed by atoms with van der Waals surface area (Å²) in [5, 5.41) is 10.4. The SMILES string of the molecule is CCN1C(=O)NC(=N)C1c1ccc(OC)c(OC)c1. The van der Waals surface area contributed by atoms with Crippen LogP contribution < -0.4 is 14.8 Å². The van der Waals surface area contributed by atoms with Gasteiger partial charge in [0.15, 0.2) is 11.5 Å². The van der Waals surface area contributed by atoms with Crippen LogP contribution in [0.1, 0.15) is 18.5 Å². The molecule has 1 unspecified atom stereocenters. The Bertz CT molecular complexity index is 516. The Labute approximate surface area is 111 Å². The van der Waals surface area contributed by atoms with E-state index < -0.39 is 6.04 Å². The van der Waals surface area contributed by atoms with Gasteiger partial charge < -0.3 is 14.4 Å². The van der Waals surface area contributed by atoms with Crippen LogP contribution in [-0.2, 0) is 0 Å². The number of amidine groups is 1. The molecule has 2 amide bonds. The highest BCUT2D eigenvalue weighted by molar-refractivity contribution is 6.06. The number of nitrogens with one attached hydrogen (secondary N) is 2. The van der Waals surface area contributed by atoms with Crippen LogP contribution in [0.15, 0.2) is 18.2 Å². The normalized spacial score (nSPS) is 18.5. The van der Waals surface area contributed by atoms with E-state index in [0.717, 1.165) is 5.56 Å². The fourth-order valence-electron chi connectivity index (χ4n) is 2.22. The number of hydrogen-bond donors (Lipinski definition) is 2. The molecule has 6 nitrogen and oxygen atoms in total. The molecule has 0 spiro atoms. The van der Waals surface area contributed by atoms with Crippen molar-refractivity contribution in [1.82, 2.24) is 10.2 Å². The van der Waals surface area contributed by atoms with Gasteiger partial charge in [0.2, 0.25) is 0 Å². The number of carbonyl (C=O) groups is 1. The Morgan fingerprint density at radius 1 is 1.32 bits per heavy atom. The van der Waals surface area contributed by atoms with Gasteiger partial charge in [-0.2, -0.15) is 0 Å². The summed E-state index contributed by atoms with van der Waals surface area (Å²) in [5.74, 6) is 1.39. The predicted octanol–water partition coefficient (Wildman–Crippen LogP) is 1.77. The number of amides is 2. The van der Waals surface area contributed by atoms with Crippen LogP contribution in [0.5, 0.6) is 11.5 Å². The standard InChI is InChI=1S/C13H17N3O3/c1-4-16-11(12(14)15-13(16)17)8-5-6-9(18-2)10(7-8)19-3/h5-7,11H,4H2,1-3H3,(H2,14,15,17). The molecule has 102 valence electrons. The minimum Gasteiger partial charge on any atom is -0.493 e. The van der Waals surface area contributed by atoms with Gasteiger partial charge in [-0.25, -0.2) is 4.79 Å². The molecular formula is C13H17N3O3. The molecule has 0 saturated carbocycles. The van der Waals surface area contributed by atoms with Gasteiger partial charge in [-0.1, -0.05) is 6.07 Å². The fraction of sp³-hybridized carbons (Fsp3) is 0.385. The van der Waals surface area contributed by atoms with E-state index in [1.54, 1.807) is 31.3 Å². The summed E-state index contributed by atoms with van der Waals surface area (Å²) < 4.78 is 10.4. The molecule has 1 aromatic carbocycles. The number of hydrogen-bond acceptors (Lipinski definition) is 4. The Kier molecular flexibility index (Phi) is 3.59. The predicted molar refractivity (Wildman–Crippen MR) is 70.9 cm³/mol. The third kappa shape index (κ3) is 2.21.